The fourth-order valence-electron chi connectivity index (χ4n) is 2.40. The normalized spacial score (nSPS) is 17.5. The van der Waals surface area contributed by atoms with E-state index in [9.17, 15) is 4.79 Å². The van der Waals surface area contributed by atoms with Crippen LogP contribution >= 0.6 is 0 Å². The molecule has 2 heterocycles. The van der Waals surface area contributed by atoms with Crippen LogP contribution in [0.15, 0.2) is 12.1 Å². The molecular formula is C13H17N3O3. The molecule has 6 nitrogen and oxygen atoms in total. The molecule has 0 unspecified atom stereocenters. The first-order valence-electron chi connectivity index (χ1n) is 6.46. The van der Waals surface area contributed by atoms with E-state index < -0.39 is 0 Å². The summed E-state index contributed by atoms with van der Waals surface area (Å²) < 4.78 is 11.1. The van der Waals surface area contributed by atoms with Crippen molar-refractivity contribution < 1.29 is 14.3 Å². The van der Waals surface area contributed by atoms with Gasteiger partial charge in [-0.15, -0.1) is 0 Å². The quantitative estimate of drug-likeness (QED) is 0.815. The summed E-state index contributed by atoms with van der Waals surface area (Å²) in [5.41, 5.74) is 7.35. The van der Waals surface area contributed by atoms with Crippen molar-refractivity contribution >= 4 is 17.3 Å². The number of amides is 1. The van der Waals surface area contributed by atoms with Gasteiger partial charge < -0.3 is 25.4 Å². The summed E-state index contributed by atoms with van der Waals surface area (Å²) in [6.45, 7) is 3.00. The number of rotatable bonds is 2. The van der Waals surface area contributed by atoms with Gasteiger partial charge in [0.1, 0.15) is 13.2 Å². The minimum absolute atomic E-state index is 0.0115. The van der Waals surface area contributed by atoms with Crippen molar-refractivity contribution in [2.45, 2.75) is 6.42 Å². The number of nitrogens with one attached hydrogen (secondary N) is 1. The predicted molar refractivity (Wildman–Crippen MR) is 71.9 cm³/mol. The highest BCUT2D eigenvalue weighted by atomic mass is 16.6. The average molecular weight is 263 g/mol. The number of carbonyl (C=O) groups excluding carboxylic acids is 1. The molecule has 0 radical (unpaired) electrons. The van der Waals surface area contributed by atoms with Gasteiger partial charge in [-0.25, -0.2) is 0 Å². The molecule has 19 heavy (non-hydrogen) atoms. The number of benzene rings is 1. The first kappa shape index (κ1) is 12.1. The monoisotopic (exact) mass is 263 g/mol. The predicted octanol–water partition coefficient (Wildman–Crippen LogP) is 0.565. The van der Waals surface area contributed by atoms with Crippen LogP contribution in [0.4, 0.5) is 11.4 Å². The van der Waals surface area contributed by atoms with Crippen molar-refractivity contribution in [2.75, 3.05) is 43.1 Å². The van der Waals surface area contributed by atoms with Crippen molar-refractivity contribution in [2.24, 2.45) is 5.73 Å². The Hall–Kier alpha value is -1.95. The van der Waals surface area contributed by atoms with E-state index in [1.54, 1.807) is 0 Å². The molecule has 1 aromatic rings. The molecule has 0 bridgehead atoms. The zero-order valence-corrected chi connectivity index (χ0v) is 10.6. The van der Waals surface area contributed by atoms with Crippen LogP contribution in [0.3, 0.4) is 0 Å². The fraction of sp³-hybridized carbons (Fsp3) is 0.462. The number of ether oxygens (including phenoxy) is 2. The van der Waals surface area contributed by atoms with E-state index in [2.05, 4.69) is 10.2 Å². The summed E-state index contributed by atoms with van der Waals surface area (Å²) >= 11 is 0. The fourth-order valence-corrected chi connectivity index (χ4v) is 2.40. The number of hydrogen-bond acceptors (Lipinski definition) is 5. The van der Waals surface area contributed by atoms with Crippen molar-refractivity contribution in [1.29, 1.82) is 0 Å². The Morgan fingerprint density at radius 1 is 1.26 bits per heavy atom. The second-order valence-corrected chi connectivity index (χ2v) is 4.59. The van der Waals surface area contributed by atoms with E-state index in [1.165, 1.54) is 0 Å². The van der Waals surface area contributed by atoms with Gasteiger partial charge in [-0.1, -0.05) is 0 Å². The van der Waals surface area contributed by atoms with Crippen molar-refractivity contribution in [3.63, 3.8) is 0 Å². The Morgan fingerprint density at radius 2 is 2.00 bits per heavy atom. The molecule has 3 rings (SSSR count). The smallest absolute Gasteiger partial charge is 0.226 e. The molecule has 0 spiro atoms. The minimum Gasteiger partial charge on any atom is -0.486 e. The lowest BCUT2D eigenvalue weighted by Crippen LogP contribution is -2.30. The van der Waals surface area contributed by atoms with E-state index in [0.29, 0.717) is 45.0 Å². The lowest BCUT2D eigenvalue weighted by Gasteiger charge is -2.26. The Labute approximate surface area is 111 Å². The second-order valence-electron chi connectivity index (χ2n) is 4.59. The summed E-state index contributed by atoms with van der Waals surface area (Å²) in [4.78, 5) is 13.8. The molecule has 0 fully saturated rings. The van der Waals surface area contributed by atoms with Gasteiger partial charge in [0.05, 0.1) is 11.4 Å². The summed E-state index contributed by atoms with van der Waals surface area (Å²) in [6.07, 6.45) is 0.459. The van der Waals surface area contributed by atoms with Crippen LogP contribution in [0.5, 0.6) is 11.5 Å². The second kappa shape index (κ2) is 4.97. The molecule has 0 saturated carbocycles. The zero-order chi connectivity index (χ0) is 13.2. The van der Waals surface area contributed by atoms with E-state index in [1.807, 2.05) is 12.1 Å². The first-order chi connectivity index (χ1) is 9.28. The van der Waals surface area contributed by atoms with Gasteiger partial charge in [-0.3, -0.25) is 4.79 Å². The van der Waals surface area contributed by atoms with Crippen molar-refractivity contribution in [1.82, 2.24) is 0 Å². The highest BCUT2D eigenvalue weighted by molar-refractivity contribution is 5.97. The molecule has 2 aliphatic rings. The number of hydrogen-bond donors (Lipinski definition) is 2. The van der Waals surface area contributed by atoms with Gasteiger partial charge in [-0.2, -0.15) is 0 Å². The lowest BCUT2D eigenvalue weighted by molar-refractivity contribution is -0.115. The maximum absolute atomic E-state index is 11.7. The average Bonchev–Trinajstić information content (AvgIpc) is 2.56. The summed E-state index contributed by atoms with van der Waals surface area (Å²) in [5.74, 6) is 1.42. The molecular weight excluding hydrogens is 246 g/mol. The maximum Gasteiger partial charge on any atom is 0.226 e. The molecule has 6 heteroatoms. The van der Waals surface area contributed by atoms with Crippen LogP contribution in [-0.4, -0.2) is 38.8 Å². The molecule has 2 aliphatic heterocycles. The van der Waals surface area contributed by atoms with Crippen LogP contribution in [0.1, 0.15) is 6.42 Å². The Kier molecular flexibility index (Phi) is 3.16. The summed E-state index contributed by atoms with van der Waals surface area (Å²) in [6, 6.07) is 3.75. The van der Waals surface area contributed by atoms with E-state index in [-0.39, 0.29) is 5.91 Å². The van der Waals surface area contributed by atoms with E-state index in [0.717, 1.165) is 17.1 Å². The number of nitrogens with two attached hydrogens (primary N) is 1. The number of fused-ring (bicyclic) bond motifs is 2. The number of carbonyl (C=O) groups is 1. The SMILES string of the molecule is NCCN1CCC(=O)Nc2cc3c(cc21)OCCO3. The molecule has 1 amide bonds. The van der Waals surface area contributed by atoms with Crippen molar-refractivity contribution in [3.05, 3.63) is 12.1 Å². The minimum atomic E-state index is 0.0115. The third-order valence-electron chi connectivity index (χ3n) is 3.28. The Balaban J connectivity index is 2.03. The van der Waals surface area contributed by atoms with E-state index >= 15 is 0 Å². The molecule has 102 valence electrons. The summed E-state index contributed by atoms with van der Waals surface area (Å²) in [7, 11) is 0. The first-order valence-corrected chi connectivity index (χ1v) is 6.46. The van der Waals surface area contributed by atoms with Crippen LogP contribution in [-0.2, 0) is 4.79 Å². The standard InChI is InChI=1S/C13H17N3O3/c14-2-4-16-3-1-13(17)15-9-7-11-12(8-10(9)16)19-6-5-18-11/h7-8H,1-6,14H2,(H,15,17). The third-order valence-corrected chi connectivity index (χ3v) is 3.28. The lowest BCUT2D eigenvalue weighted by atomic mass is 10.2. The molecule has 3 N–H and O–H groups in total. The molecule has 0 saturated heterocycles. The van der Waals surface area contributed by atoms with E-state index in [4.69, 9.17) is 15.2 Å². The number of anilines is 2. The number of nitrogens with zero attached hydrogens (tertiary/aromatic N) is 1. The molecule has 1 aromatic carbocycles. The topological polar surface area (TPSA) is 76.8 Å². The van der Waals surface area contributed by atoms with Gasteiger partial charge in [0.2, 0.25) is 5.91 Å². The van der Waals surface area contributed by atoms with Crippen LogP contribution < -0.4 is 25.4 Å². The van der Waals surface area contributed by atoms with Gasteiger partial charge in [0, 0.05) is 38.2 Å². The van der Waals surface area contributed by atoms with Crippen LogP contribution in [0.25, 0.3) is 0 Å². The van der Waals surface area contributed by atoms with Gasteiger partial charge in [-0.05, 0) is 0 Å². The highest BCUT2D eigenvalue weighted by Gasteiger charge is 2.23. The van der Waals surface area contributed by atoms with Gasteiger partial charge in [0.15, 0.2) is 11.5 Å². The Bertz CT molecular complexity index is 504. The summed E-state index contributed by atoms with van der Waals surface area (Å²) in [5, 5.41) is 2.90. The maximum atomic E-state index is 11.7. The molecule has 0 aliphatic carbocycles. The molecule has 0 aromatic heterocycles. The van der Waals surface area contributed by atoms with Gasteiger partial charge in [0.25, 0.3) is 0 Å². The van der Waals surface area contributed by atoms with Crippen molar-refractivity contribution in [3.8, 4) is 11.5 Å². The Morgan fingerprint density at radius 3 is 2.74 bits per heavy atom. The zero-order valence-electron chi connectivity index (χ0n) is 10.6. The molecule has 0 atom stereocenters. The van der Waals surface area contributed by atoms with Crippen LogP contribution in [0, 0.1) is 0 Å². The highest BCUT2D eigenvalue weighted by Crippen LogP contribution is 2.40. The van der Waals surface area contributed by atoms with Gasteiger partial charge >= 0.3 is 0 Å². The third kappa shape index (κ3) is 2.31. The largest absolute Gasteiger partial charge is 0.486 e. The van der Waals surface area contributed by atoms with Crippen LogP contribution in [0.2, 0.25) is 0 Å².